The van der Waals surface area contributed by atoms with Gasteiger partial charge in [0.2, 0.25) is 5.91 Å². The molecule has 1 atom stereocenters. The van der Waals surface area contributed by atoms with Crippen molar-refractivity contribution < 1.29 is 9.53 Å². The minimum Gasteiger partial charge on any atom is -0.495 e. The molecule has 4 nitrogen and oxygen atoms in total. The first kappa shape index (κ1) is 16.4. The molecule has 2 rings (SSSR count). The molecule has 0 radical (unpaired) electrons. The van der Waals surface area contributed by atoms with Crippen LogP contribution in [0, 0.1) is 0 Å². The maximum Gasteiger partial charge on any atom is 0.239 e. The summed E-state index contributed by atoms with van der Waals surface area (Å²) in [5.41, 5.74) is 1.87. The van der Waals surface area contributed by atoms with Gasteiger partial charge in [0.05, 0.1) is 25.4 Å². The quantitative estimate of drug-likeness (QED) is 0.822. The first-order valence-corrected chi connectivity index (χ1v) is 7.81. The van der Waals surface area contributed by atoms with Crippen LogP contribution in [0.3, 0.4) is 0 Å². The lowest BCUT2D eigenvalue weighted by atomic mass is 10.1. The smallest absolute Gasteiger partial charge is 0.239 e. The molecule has 2 N–H and O–H groups in total. The topological polar surface area (TPSA) is 50.4 Å². The van der Waals surface area contributed by atoms with Gasteiger partial charge in [0.15, 0.2) is 0 Å². The number of carbonyl (C=O) groups excluding carboxylic acids is 1. The van der Waals surface area contributed by atoms with Crippen molar-refractivity contribution in [3.8, 4) is 5.75 Å². The summed E-state index contributed by atoms with van der Waals surface area (Å²) < 4.78 is 6.26. The fraction of sp³-hybridized carbons (Fsp3) is 0.235. The Balaban J connectivity index is 1.88. The van der Waals surface area contributed by atoms with Gasteiger partial charge < -0.3 is 15.4 Å². The van der Waals surface area contributed by atoms with E-state index in [1.165, 1.54) is 0 Å². The molecule has 0 aromatic heterocycles. The van der Waals surface area contributed by atoms with Crippen molar-refractivity contribution in [3.63, 3.8) is 0 Å². The van der Waals surface area contributed by atoms with E-state index in [9.17, 15) is 4.79 Å². The molecule has 0 aliphatic heterocycles. The van der Waals surface area contributed by atoms with Gasteiger partial charge in [-0.05, 0) is 36.8 Å². The number of methoxy groups -OCH3 is 1. The monoisotopic (exact) mass is 362 g/mol. The minimum atomic E-state index is -0.0682. The van der Waals surface area contributed by atoms with Crippen LogP contribution >= 0.6 is 15.9 Å². The Kier molecular flexibility index (Phi) is 5.83. The van der Waals surface area contributed by atoms with Gasteiger partial charge in [-0.1, -0.05) is 40.2 Å². The summed E-state index contributed by atoms with van der Waals surface area (Å²) in [6.07, 6.45) is 0. The summed E-state index contributed by atoms with van der Waals surface area (Å²) in [6.45, 7) is 2.16. The van der Waals surface area contributed by atoms with Gasteiger partial charge in [-0.3, -0.25) is 4.79 Å². The summed E-state index contributed by atoms with van der Waals surface area (Å²) in [4.78, 5) is 12.0. The molecule has 0 heterocycles. The summed E-state index contributed by atoms with van der Waals surface area (Å²) in [7, 11) is 1.61. The van der Waals surface area contributed by atoms with Crippen molar-refractivity contribution in [1.82, 2.24) is 5.32 Å². The molecule has 5 heteroatoms. The van der Waals surface area contributed by atoms with Crippen LogP contribution in [0.4, 0.5) is 5.69 Å². The fourth-order valence-electron chi connectivity index (χ4n) is 2.09. The normalized spacial score (nSPS) is 11.6. The fourth-order valence-corrected chi connectivity index (χ4v) is 2.36. The van der Waals surface area contributed by atoms with E-state index >= 15 is 0 Å². The van der Waals surface area contributed by atoms with E-state index in [0.717, 1.165) is 21.5 Å². The molecule has 0 aliphatic carbocycles. The molecule has 2 aromatic carbocycles. The molecule has 0 saturated carbocycles. The number of benzene rings is 2. The SMILES string of the molecule is COc1ccccc1NCC(=O)N[C@H](C)c1ccc(Br)cc1. The Morgan fingerprint density at radius 1 is 1.18 bits per heavy atom. The summed E-state index contributed by atoms with van der Waals surface area (Å²) in [5, 5.41) is 6.05. The molecule has 0 saturated heterocycles. The average Bonchev–Trinajstić information content (AvgIpc) is 2.53. The number of rotatable bonds is 6. The van der Waals surface area contributed by atoms with E-state index in [1.807, 2.05) is 55.5 Å². The molecule has 0 aliphatic rings. The second-order valence-corrected chi connectivity index (χ2v) is 5.81. The lowest BCUT2D eigenvalue weighted by Crippen LogP contribution is -2.32. The van der Waals surface area contributed by atoms with Crippen LogP contribution in [0.2, 0.25) is 0 Å². The molecular formula is C17H19BrN2O2. The zero-order valence-electron chi connectivity index (χ0n) is 12.6. The molecule has 0 spiro atoms. The molecule has 116 valence electrons. The number of halogens is 1. The molecule has 0 unspecified atom stereocenters. The van der Waals surface area contributed by atoms with Crippen LogP contribution in [0.5, 0.6) is 5.75 Å². The largest absolute Gasteiger partial charge is 0.495 e. The first-order chi connectivity index (χ1) is 10.6. The third kappa shape index (κ3) is 4.49. The molecular weight excluding hydrogens is 344 g/mol. The highest BCUT2D eigenvalue weighted by atomic mass is 79.9. The van der Waals surface area contributed by atoms with Crippen molar-refractivity contribution in [3.05, 3.63) is 58.6 Å². The van der Waals surface area contributed by atoms with Crippen molar-refractivity contribution >= 4 is 27.5 Å². The van der Waals surface area contributed by atoms with Crippen LogP contribution in [0.15, 0.2) is 53.0 Å². The number of ether oxygens (including phenoxy) is 1. The Hall–Kier alpha value is -2.01. The van der Waals surface area contributed by atoms with Crippen molar-refractivity contribution in [1.29, 1.82) is 0 Å². The van der Waals surface area contributed by atoms with E-state index in [1.54, 1.807) is 7.11 Å². The van der Waals surface area contributed by atoms with Crippen LogP contribution in [-0.2, 0) is 4.79 Å². The van der Waals surface area contributed by atoms with E-state index in [0.29, 0.717) is 0 Å². The number of hydrogen-bond acceptors (Lipinski definition) is 3. The third-order valence-electron chi connectivity index (χ3n) is 3.29. The summed E-state index contributed by atoms with van der Waals surface area (Å²) in [6, 6.07) is 15.4. The van der Waals surface area contributed by atoms with Crippen molar-refractivity contribution in [2.24, 2.45) is 0 Å². The van der Waals surface area contributed by atoms with Gasteiger partial charge in [0.25, 0.3) is 0 Å². The second kappa shape index (κ2) is 7.84. The average molecular weight is 363 g/mol. The van der Waals surface area contributed by atoms with Crippen molar-refractivity contribution in [2.45, 2.75) is 13.0 Å². The third-order valence-corrected chi connectivity index (χ3v) is 3.82. The molecule has 2 aromatic rings. The lowest BCUT2D eigenvalue weighted by Gasteiger charge is -2.16. The Morgan fingerprint density at radius 2 is 1.86 bits per heavy atom. The van der Waals surface area contributed by atoms with Gasteiger partial charge in [-0.2, -0.15) is 0 Å². The van der Waals surface area contributed by atoms with Gasteiger partial charge in [-0.25, -0.2) is 0 Å². The maximum atomic E-state index is 12.0. The van der Waals surface area contributed by atoms with E-state index in [4.69, 9.17) is 4.74 Å². The molecule has 22 heavy (non-hydrogen) atoms. The Morgan fingerprint density at radius 3 is 2.55 bits per heavy atom. The number of carbonyl (C=O) groups is 1. The number of anilines is 1. The Labute approximate surface area is 139 Å². The van der Waals surface area contributed by atoms with Crippen LogP contribution in [-0.4, -0.2) is 19.6 Å². The van der Waals surface area contributed by atoms with Gasteiger partial charge in [-0.15, -0.1) is 0 Å². The van der Waals surface area contributed by atoms with Gasteiger partial charge in [0.1, 0.15) is 5.75 Å². The minimum absolute atomic E-state index is 0.0416. The van der Waals surface area contributed by atoms with E-state index in [2.05, 4.69) is 26.6 Å². The van der Waals surface area contributed by atoms with E-state index in [-0.39, 0.29) is 18.5 Å². The number of hydrogen-bond donors (Lipinski definition) is 2. The van der Waals surface area contributed by atoms with E-state index < -0.39 is 0 Å². The zero-order valence-corrected chi connectivity index (χ0v) is 14.2. The van der Waals surface area contributed by atoms with Crippen LogP contribution in [0.25, 0.3) is 0 Å². The number of amides is 1. The number of nitrogens with one attached hydrogen (secondary N) is 2. The van der Waals surface area contributed by atoms with Crippen molar-refractivity contribution in [2.75, 3.05) is 19.0 Å². The van der Waals surface area contributed by atoms with Gasteiger partial charge in [0, 0.05) is 4.47 Å². The molecule has 1 amide bonds. The molecule has 0 bridgehead atoms. The second-order valence-electron chi connectivity index (χ2n) is 4.89. The summed E-state index contributed by atoms with van der Waals surface area (Å²) in [5.74, 6) is 0.651. The first-order valence-electron chi connectivity index (χ1n) is 7.02. The van der Waals surface area contributed by atoms with Crippen LogP contribution < -0.4 is 15.4 Å². The lowest BCUT2D eigenvalue weighted by molar-refractivity contribution is -0.120. The summed E-state index contributed by atoms with van der Waals surface area (Å²) >= 11 is 3.40. The maximum absolute atomic E-state index is 12.0. The predicted octanol–water partition coefficient (Wildman–Crippen LogP) is 3.75. The Bertz CT molecular complexity index is 629. The highest BCUT2D eigenvalue weighted by Crippen LogP contribution is 2.22. The van der Waals surface area contributed by atoms with Gasteiger partial charge >= 0.3 is 0 Å². The predicted molar refractivity (Wildman–Crippen MR) is 92.2 cm³/mol. The highest BCUT2D eigenvalue weighted by Gasteiger charge is 2.10. The number of para-hydroxylation sites is 2. The zero-order chi connectivity index (χ0) is 15.9. The standard InChI is InChI=1S/C17H19BrN2O2/c1-12(13-7-9-14(18)10-8-13)20-17(21)11-19-15-5-3-4-6-16(15)22-2/h3-10,12,19H,11H2,1-2H3,(H,20,21)/t12-/m1/s1. The highest BCUT2D eigenvalue weighted by molar-refractivity contribution is 9.10. The molecule has 0 fully saturated rings. The van der Waals surface area contributed by atoms with Crippen LogP contribution in [0.1, 0.15) is 18.5 Å².